The van der Waals surface area contributed by atoms with E-state index in [0.717, 1.165) is 16.8 Å². The van der Waals surface area contributed by atoms with Crippen LogP contribution in [0.2, 0.25) is 0 Å². The number of rotatable bonds is 2. The predicted molar refractivity (Wildman–Crippen MR) is 108 cm³/mol. The van der Waals surface area contributed by atoms with Gasteiger partial charge in [0.15, 0.2) is 0 Å². The Balaban J connectivity index is 1.58. The highest BCUT2D eigenvalue weighted by Crippen LogP contribution is 2.55. The van der Waals surface area contributed by atoms with Crippen LogP contribution in [0, 0.1) is 5.92 Å². The van der Waals surface area contributed by atoms with E-state index >= 15 is 0 Å². The lowest BCUT2D eigenvalue weighted by Gasteiger charge is -2.36. The normalized spacial score (nSPS) is 31.0. The average molecular weight is 391 g/mol. The number of carbonyl (C=O) groups is 2. The first-order valence-electron chi connectivity index (χ1n) is 10.4. The maximum atomic E-state index is 13.5. The molecule has 2 N–H and O–H groups in total. The number of fused-ring (bicyclic) bond motifs is 2. The lowest BCUT2D eigenvalue weighted by molar-refractivity contribution is -0.139. The van der Waals surface area contributed by atoms with Gasteiger partial charge in [-0.05, 0) is 55.4 Å². The zero-order valence-corrected chi connectivity index (χ0v) is 16.3. The number of para-hydroxylation sites is 1. The van der Waals surface area contributed by atoms with E-state index in [4.69, 9.17) is 0 Å². The third-order valence-corrected chi connectivity index (χ3v) is 6.92. The molecule has 6 nitrogen and oxygen atoms in total. The number of amides is 2. The summed E-state index contributed by atoms with van der Waals surface area (Å²) in [5.41, 5.74) is 1.90. The fourth-order valence-corrected chi connectivity index (χ4v) is 5.48. The van der Waals surface area contributed by atoms with E-state index in [9.17, 15) is 14.7 Å². The van der Waals surface area contributed by atoms with Gasteiger partial charge in [0.25, 0.3) is 0 Å². The van der Waals surface area contributed by atoms with Crippen molar-refractivity contribution in [2.24, 2.45) is 5.92 Å². The van der Waals surface area contributed by atoms with Gasteiger partial charge in [0.2, 0.25) is 11.8 Å². The lowest BCUT2D eigenvalue weighted by atomic mass is 9.72. The highest BCUT2D eigenvalue weighted by Gasteiger charge is 2.59. The minimum atomic E-state index is -0.788. The lowest BCUT2D eigenvalue weighted by Crippen LogP contribution is -2.44. The molecule has 2 amide bonds. The second kappa shape index (κ2) is 6.95. The Hall–Kier alpha value is -2.73. The minimum Gasteiger partial charge on any atom is -0.393 e. The molecule has 5 rings (SSSR count). The van der Waals surface area contributed by atoms with Crippen molar-refractivity contribution in [3.05, 3.63) is 59.9 Å². The fourth-order valence-electron chi connectivity index (χ4n) is 5.48. The monoisotopic (exact) mass is 391 g/mol. The van der Waals surface area contributed by atoms with Crippen LogP contribution in [0.3, 0.4) is 0 Å². The van der Waals surface area contributed by atoms with E-state index in [1.54, 1.807) is 12.4 Å². The zero-order valence-electron chi connectivity index (χ0n) is 16.3. The van der Waals surface area contributed by atoms with Crippen LogP contribution in [0.4, 0.5) is 5.69 Å². The van der Waals surface area contributed by atoms with E-state index in [1.807, 2.05) is 41.3 Å². The Kier molecular flexibility index (Phi) is 4.39. The van der Waals surface area contributed by atoms with Gasteiger partial charge in [0.1, 0.15) is 5.41 Å². The number of hydrogen-bond donors (Lipinski definition) is 2. The second-order valence-corrected chi connectivity index (χ2v) is 8.45. The largest absolute Gasteiger partial charge is 0.393 e. The molecule has 0 bridgehead atoms. The first-order chi connectivity index (χ1) is 14.1. The quantitative estimate of drug-likeness (QED) is 0.825. The van der Waals surface area contributed by atoms with Gasteiger partial charge in [-0.1, -0.05) is 24.3 Å². The number of nitrogens with one attached hydrogen (secondary N) is 1. The Morgan fingerprint density at radius 2 is 1.93 bits per heavy atom. The van der Waals surface area contributed by atoms with Crippen molar-refractivity contribution in [2.45, 2.75) is 49.7 Å². The standard InChI is InChI=1S/C23H25N3O3/c27-17-9-7-15(8-10-17)21(28)26-13-11-23(20(26)16-4-3-12-24-14-16)18-5-1-2-6-19(18)25-22(23)29/h1-6,12,14-15,17,20,27H,7-11,13H2,(H,25,29). The van der Waals surface area contributed by atoms with Gasteiger partial charge in [0, 0.05) is 30.5 Å². The SMILES string of the molecule is O=C(C1CCC(O)CC1)N1CCC2(C(=O)Nc3ccccc32)C1c1cccnc1. The Labute approximate surface area is 169 Å². The fraction of sp³-hybridized carbons (Fsp3) is 0.435. The van der Waals surface area contributed by atoms with Crippen LogP contribution < -0.4 is 5.32 Å². The molecule has 0 radical (unpaired) electrons. The summed E-state index contributed by atoms with van der Waals surface area (Å²) in [5.74, 6) is -0.0332. The van der Waals surface area contributed by atoms with Crippen molar-refractivity contribution in [3.63, 3.8) is 0 Å². The smallest absolute Gasteiger partial charge is 0.237 e. The molecule has 2 atom stereocenters. The molecule has 150 valence electrons. The predicted octanol–water partition coefficient (Wildman–Crippen LogP) is 2.80. The summed E-state index contributed by atoms with van der Waals surface area (Å²) in [4.78, 5) is 33.0. The first-order valence-corrected chi connectivity index (χ1v) is 10.4. The number of aromatic nitrogens is 1. The van der Waals surface area contributed by atoms with Crippen LogP contribution in [0.15, 0.2) is 48.8 Å². The number of carbonyl (C=O) groups excluding carboxylic acids is 2. The highest BCUT2D eigenvalue weighted by molar-refractivity contribution is 6.07. The number of anilines is 1. The summed E-state index contributed by atoms with van der Waals surface area (Å²) >= 11 is 0. The molecule has 1 spiro atoms. The van der Waals surface area contributed by atoms with E-state index in [0.29, 0.717) is 38.6 Å². The second-order valence-electron chi connectivity index (χ2n) is 8.45. The van der Waals surface area contributed by atoms with Crippen molar-refractivity contribution in [1.29, 1.82) is 0 Å². The van der Waals surface area contributed by atoms with Gasteiger partial charge < -0.3 is 15.3 Å². The summed E-state index contributed by atoms with van der Waals surface area (Å²) in [6.07, 6.45) is 6.51. The summed E-state index contributed by atoms with van der Waals surface area (Å²) < 4.78 is 0. The van der Waals surface area contributed by atoms with Gasteiger partial charge in [-0.3, -0.25) is 14.6 Å². The molecule has 3 aliphatic rings. The molecular formula is C23H25N3O3. The number of pyridine rings is 1. The van der Waals surface area contributed by atoms with Crippen molar-refractivity contribution < 1.29 is 14.7 Å². The van der Waals surface area contributed by atoms with Crippen LogP contribution in [-0.2, 0) is 15.0 Å². The van der Waals surface area contributed by atoms with E-state index in [2.05, 4.69) is 10.3 Å². The molecule has 29 heavy (non-hydrogen) atoms. The maximum absolute atomic E-state index is 13.5. The summed E-state index contributed by atoms with van der Waals surface area (Å²) in [7, 11) is 0. The average Bonchev–Trinajstić information content (AvgIpc) is 3.28. The summed E-state index contributed by atoms with van der Waals surface area (Å²) in [5, 5.41) is 12.9. The van der Waals surface area contributed by atoms with Crippen LogP contribution >= 0.6 is 0 Å². The number of hydrogen-bond acceptors (Lipinski definition) is 4. The molecule has 6 heteroatoms. The van der Waals surface area contributed by atoms with Gasteiger partial charge in [-0.15, -0.1) is 0 Å². The third kappa shape index (κ3) is 2.77. The van der Waals surface area contributed by atoms with Crippen LogP contribution in [0.1, 0.15) is 49.3 Å². The van der Waals surface area contributed by atoms with Crippen molar-refractivity contribution in [3.8, 4) is 0 Å². The van der Waals surface area contributed by atoms with Crippen molar-refractivity contribution in [2.75, 3.05) is 11.9 Å². The minimum absolute atomic E-state index is 0.0399. The molecule has 1 aromatic carbocycles. The number of benzene rings is 1. The van der Waals surface area contributed by atoms with E-state index in [1.165, 1.54) is 0 Å². The van der Waals surface area contributed by atoms with E-state index < -0.39 is 5.41 Å². The highest BCUT2D eigenvalue weighted by atomic mass is 16.3. The van der Waals surface area contributed by atoms with Gasteiger partial charge >= 0.3 is 0 Å². The van der Waals surface area contributed by atoms with Crippen LogP contribution in [-0.4, -0.2) is 39.5 Å². The molecule has 3 heterocycles. The summed E-state index contributed by atoms with van der Waals surface area (Å²) in [6.45, 7) is 0.541. The molecule has 2 aliphatic heterocycles. The van der Waals surface area contributed by atoms with Crippen LogP contribution in [0.5, 0.6) is 0 Å². The molecule has 1 aromatic heterocycles. The number of likely N-dealkylation sites (tertiary alicyclic amines) is 1. The third-order valence-electron chi connectivity index (χ3n) is 6.92. The molecule has 1 saturated heterocycles. The Morgan fingerprint density at radius 1 is 1.14 bits per heavy atom. The number of aliphatic hydroxyl groups excluding tert-OH is 1. The summed E-state index contributed by atoms with van der Waals surface area (Å²) in [6, 6.07) is 11.2. The molecular weight excluding hydrogens is 366 g/mol. The van der Waals surface area contributed by atoms with Crippen LogP contribution in [0.25, 0.3) is 0 Å². The Bertz CT molecular complexity index is 939. The maximum Gasteiger partial charge on any atom is 0.237 e. The number of aliphatic hydroxyl groups is 1. The first kappa shape index (κ1) is 18.3. The molecule has 1 saturated carbocycles. The van der Waals surface area contributed by atoms with Gasteiger partial charge in [-0.2, -0.15) is 0 Å². The topological polar surface area (TPSA) is 82.5 Å². The van der Waals surface area contributed by atoms with Gasteiger partial charge in [0.05, 0.1) is 12.1 Å². The Morgan fingerprint density at radius 3 is 2.69 bits per heavy atom. The van der Waals surface area contributed by atoms with Gasteiger partial charge in [-0.25, -0.2) is 0 Å². The number of nitrogens with zero attached hydrogens (tertiary/aromatic N) is 2. The molecule has 2 unspecified atom stereocenters. The van der Waals surface area contributed by atoms with Crippen molar-refractivity contribution >= 4 is 17.5 Å². The van der Waals surface area contributed by atoms with E-state index in [-0.39, 0.29) is 29.9 Å². The zero-order chi connectivity index (χ0) is 20.0. The van der Waals surface area contributed by atoms with Crippen molar-refractivity contribution in [1.82, 2.24) is 9.88 Å². The molecule has 1 aliphatic carbocycles. The molecule has 2 aromatic rings. The molecule has 2 fully saturated rings.